The van der Waals surface area contributed by atoms with Crippen molar-refractivity contribution in [1.29, 1.82) is 0 Å². The van der Waals surface area contributed by atoms with Crippen molar-refractivity contribution in [3.8, 4) is 28.7 Å². The molecule has 0 saturated carbocycles. The molecule has 4 aromatic rings. The van der Waals surface area contributed by atoms with Gasteiger partial charge in [0.25, 0.3) is 0 Å². The Morgan fingerprint density at radius 1 is 0.943 bits per heavy atom. The fraction of sp³-hybridized carbons (Fsp3) is 0.192. The molecule has 3 aromatic carbocycles. The SMILES string of the molecule is COc1ccc(-c2nc(S(=O)(=O)c3ccc4c(c3)OCCO4)c(NCc3ccc(C)cc3)o2)cc1. The summed E-state index contributed by atoms with van der Waals surface area (Å²) in [6.45, 7) is 3.14. The predicted molar refractivity (Wildman–Crippen MR) is 130 cm³/mol. The summed E-state index contributed by atoms with van der Waals surface area (Å²) in [5.74, 6) is 1.79. The lowest BCUT2D eigenvalue weighted by molar-refractivity contribution is 0.171. The first-order valence-corrected chi connectivity index (χ1v) is 12.5. The molecule has 8 nitrogen and oxygen atoms in total. The minimum absolute atomic E-state index is 0.0368. The topological polar surface area (TPSA) is 99.9 Å². The molecule has 0 atom stereocenters. The van der Waals surface area contributed by atoms with Crippen molar-refractivity contribution in [1.82, 2.24) is 4.98 Å². The Kier molecular flexibility index (Phi) is 6.08. The van der Waals surface area contributed by atoms with E-state index in [4.69, 9.17) is 18.6 Å². The summed E-state index contributed by atoms with van der Waals surface area (Å²) < 4.78 is 49.6. The monoisotopic (exact) mass is 492 g/mol. The summed E-state index contributed by atoms with van der Waals surface area (Å²) in [5, 5.41) is 2.91. The zero-order chi connectivity index (χ0) is 24.4. The van der Waals surface area contributed by atoms with Crippen LogP contribution in [0, 0.1) is 6.92 Å². The standard InChI is InChI=1S/C26H24N2O6S/c1-17-3-5-18(6-4-17)16-27-25-26(28-24(34-25)19-7-9-20(31-2)10-8-19)35(29,30)21-11-12-22-23(15-21)33-14-13-32-22/h3-12,15,27H,13-14,16H2,1-2H3. The molecule has 0 radical (unpaired) electrons. The van der Waals surface area contributed by atoms with Gasteiger partial charge in [0, 0.05) is 18.2 Å². The summed E-state index contributed by atoms with van der Waals surface area (Å²) in [6, 6.07) is 19.5. The minimum atomic E-state index is -4.04. The van der Waals surface area contributed by atoms with Gasteiger partial charge in [-0.3, -0.25) is 0 Å². The van der Waals surface area contributed by atoms with Crippen LogP contribution in [0.15, 0.2) is 81.1 Å². The Morgan fingerprint density at radius 2 is 1.66 bits per heavy atom. The van der Waals surface area contributed by atoms with E-state index in [1.54, 1.807) is 37.4 Å². The van der Waals surface area contributed by atoms with Gasteiger partial charge in [-0.1, -0.05) is 29.8 Å². The predicted octanol–water partition coefficient (Wildman–Crippen LogP) is 4.87. The van der Waals surface area contributed by atoms with Crippen LogP contribution in [-0.4, -0.2) is 33.7 Å². The highest BCUT2D eigenvalue weighted by Gasteiger charge is 2.30. The number of methoxy groups -OCH3 is 1. The molecular weight excluding hydrogens is 468 g/mol. The third-order valence-corrected chi connectivity index (χ3v) is 7.25. The van der Waals surface area contributed by atoms with Crippen molar-refractivity contribution < 1.29 is 27.0 Å². The summed E-state index contributed by atoms with van der Waals surface area (Å²) >= 11 is 0. The zero-order valence-electron chi connectivity index (χ0n) is 19.3. The molecule has 35 heavy (non-hydrogen) atoms. The van der Waals surface area contributed by atoms with E-state index >= 15 is 0 Å². The van der Waals surface area contributed by atoms with Gasteiger partial charge in [-0.2, -0.15) is 4.98 Å². The molecule has 1 aromatic heterocycles. The fourth-order valence-corrected chi connectivity index (χ4v) is 4.94. The van der Waals surface area contributed by atoms with Gasteiger partial charge in [0.1, 0.15) is 19.0 Å². The van der Waals surface area contributed by atoms with Gasteiger partial charge < -0.3 is 23.9 Å². The Morgan fingerprint density at radius 3 is 2.37 bits per heavy atom. The van der Waals surface area contributed by atoms with Crippen molar-refractivity contribution in [2.24, 2.45) is 0 Å². The molecular formula is C26H24N2O6S. The first kappa shape index (κ1) is 22.8. The quantitative estimate of drug-likeness (QED) is 0.390. The number of fused-ring (bicyclic) bond motifs is 1. The molecule has 5 rings (SSSR count). The molecule has 180 valence electrons. The number of hydrogen-bond donors (Lipinski definition) is 1. The zero-order valence-corrected chi connectivity index (χ0v) is 20.1. The van der Waals surface area contributed by atoms with E-state index in [-0.39, 0.29) is 21.7 Å². The number of sulfone groups is 1. The Balaban J connectivity index is 1.54. The van der Waals surface area contributed by atoms with Crippen molar-refractivity contribution in [2.75, 3.05) is 25.6 Å². The van der Waals surface area contributed by atoms with Gasteiger partial charge in [0.15, 0.2) is 11.5 Å². The average Bonchev–Trinajstić information content (AvgIpc) is 3.33. The van der Waals surface area contributed by atoms with Gasteiger partial charge in [-0.15, -0.1) is 0 Å². The van der Waals surface area contributed by atoms with E-state index in [9.17, 15) is 8.42 Å². The lowest BCUT2D eigenvalue weighted by Crippen LogP contribution is -2.16. The van der Waals surface area contributed by atoms with Crippen molar-refractivity contribution in [3.63, 3.8) is 0 Å². The van der Waals surface area contributed by atoms with Crippen LogP contribution in [0.25, 0.3) is 11.5 Å². The maximum Gasteiger partial charge on any atom is 0.234 e. The molecule has 0 amide bonds. The second-order valence-corrected chi connectivity index (χ2v) is 9.89. The van der Waals surface area contributed by atoms with Crippen LogP contribution >= 0.6 is 0 Å². The van der Waals surface area contributed by atoms with Crippen molar-refractivity contribution >= 4 is 15.7 Å². The number of nitrogens with zero attached hydrogens (tertiary/aromatic N) is 1. The largest absolute Gasteiger partial charge is 0.497 e. The summed E-state index contributed by atoms with van der Waals surface area (Å²) in [6.07, 6.45) is 0. The smallest absolute Gasteiger partial charge is 0.234 e. The van der Waals surface area contributed by atoms with Crippen LogP contribution in [-0.2, 0) is 16.4 Å². The Hall–Kier alpha value is -3.98. The van der Waals surface area contributed by atoms with Crippen molar-refractivity contribution in [2.45, 2.75) is 23.4 Å². The van der Waals surface area contributed by atoms with Gasteiger partial charge in [0.05, 0.1) is 12.0 Å². The third kappa shape index (κ3) is 4.67. The molecule has 0 unspecified atom stereocenters. The number of aromatic nitrogens is 1. The van der Waals surface area contributed by atoms with Gasteiger partial charge in [0.2, 0.25) is 26.6 Å². The molecule has 1 aliphatic rings. The van der Waals surface area contributed by atoms with Gasteiger partial charge in [-0.05, 0) is 48.9 Å². The lowest BCUT2D eigenvalue weighted by atomic mass is 10.1. The summed E-state index contributed by atoms with van der Waals surface area (Å²) in [4.78, 5) is 4.43. The highest BCUT2D eigenvalue weighted by Crippen LogP contribution is 2.37. The Bertz CT molecular complexity index is 1440. The third-order valence-electron chi connectivity index (χ3n) is 5.59. The van der Waals surface area contributed by atoms with E-state index < -0.39 is 9.84 Å². The van der Waals surface area contributed by atoms with E-state index in [1.165, 1.54) is 12.1 Å². The number of anilines is 1. The normalized spacial score (nSPS) is 12.9. The number of hydrogen-bond acceptors (Lipinski definition) is 8. The fourth-order valence-electron chi connectivity index (χ4n) is 3.65. The molecule has 0 spiro atoms. The molecule has 0 bridgehead atoms. The second-order valence-electron chi connectivity index (χ2n) is 8.03. The number of ether oxygens (including phenoxy) is 3. The molecule has 2 heterocycles. The minimum Gasteiger partial charge on any atom is -0.497 e. The molecule has 0 aliphatic carbocycles. The maximum absolute atomic E-state index is 13.7. The maximum atomic E-state index is 13.7. The number of benzene rings is 3. The first-order valence-electron chi connectivity index (χ1n) is 11.0. The molecule has 0 fully saturated rings. The number of nitrogens with one attached hydrogen (secondary N) is 1. The Labute approximate surface area is 203 Å². The van der Waals surface area contributed by atoms with Crippen LogP contribution in [0.5, 0.6) is 17.2 Å². The number of aryl methyl sites for hydroxylation is 1. The second kappa shape index (κ2) is 9.34. The lowest BCUT2D eigenvalue weighted by Gasteiger charge is -2.18. The highest BCUT2D eigenvalue weighted by atomic mass is 32.2. The van der Waals surface area contributed by atoms with Crippen LogP contribution in [0.2, 0.25) is 0 Å². The van der Waals surface area contributed by atoms with Crippen LogP contribution in [0.1, 0.15) is 11.1 Å². The molecule has 9 heteroatoms. The number of rotatable bonds is 7. The van der Waals surface area contributed by atoms with E-state index in [2.05, 4.69) is 10.3 Å². The van der Waals surface area contributed by atoms with Crippen LogP contribution < -0.4 is 19.5 Å². The van der Waals surface area contributed by atoms with Crippen LogP contribution in [0.3, 0.4) is 0 Å². The van der Waals surface area contributed by atoms with Crippen LogP contribution in [0.4, 0.5) is 5.88 Å². The van der Waals surface area contributed by atoms with E-state index in [0.717, 1.165) is 11.1 Å². The molecule has 1 aliphatic heterocycles. The average molecular weight is 493 g/mol. The summed E-state index contributed by atoms with van der Waals surface area (Å²) in [7, 11) is -2.47. The highest BCUT2D eigenvalue weighted by molar-refractivity contribution is 7.91. The number of oxazole rings is 1. The van der Waals surface area contributed by atoms with E-state index in [1.807, 2.05) is 31.2 Å². The first-order chi connectivity index (χ1) is 16.9. The summed E-state index contributed by atoms with van der Waals surface area (Å²) in [5.41, 5.74) is 2.73. The van der Waals surface area contributed by atoms with Crippen molar-refractivity contribution in [3.05, 3.63) is 77.9 Å². The van der Waals surface area contributed by atoms with E-state index in [0.29, 0.717) is 42.6 Å². The van der Waals surface area contributed by atoms with Gasteiger partial charge >= 0.3 is 0 Å². The van der Waals surface area contributed by atoms with Gasteiger partial charge in [-0.25, -0.2) is 8.42 Å². The molecule has 0 saturated heterocycles. The molecule has 1 N–H and O–H groups in total.